The molecule has 0 aliphatic carbocycles. The minimum absolute atomic E-state index is 0.0204. The average molecular weight is 375 g/mol. The molecule has 0 saturated carbocycles. The summed E-state index contributed by atoms with van der Waals surface area (Å²) in [7, 11) is 0. The fraction of sp³-hybridized carbons (Fsp3) is 0.619. The summed E-state index contributed by atoms with van der Waals surface area (Å²) in [4.78, 5) is 28.8. The second-order valence-electron chi connectivity index (χ2n) is 7.62. The highest BCUT2D eigenvalue weighted by molar-refractivity contribution is 5.93. The number of anilines is 1. The van der Waals surface area contributed by atoms with Crippen LogP contribution in [0, 0.1) is 13.8 Å². The molecule has 2 rings (SSSR count). The molecule has 1 heterocycles. The van der Waals surface area contributed by atoms with Crippen LogP contribution in [0.3, 0.4) is 0 Å². The molecule has 1 aromatic carbocycles. The summed E-state index contributed by atoms with van der Waals surface area (Å²) >= 11 is 0. The van der Waals surface area contributed by atoms with Crippen molar-refractivity contribution in [2.75, 3.05) is 44.6 Å². The second-order valence-corrected chi connectivity index (χ2v) is 7.62. The van der Waals surface area contributed by atoms with E-state index in [1.165, 1.54) is 0 Å². The Bertz CT molecular complexity index is 619. The van der Waals surface area contributed by atoms with Gasteiger partial charge in [-0.15, -0.1) is 0 Å². The number of carbonyl (C=O) groups is 2. The van der Waals surface area contributed by atoms with Gasteiger partial charge in [0.05, 0.1) is 13.1 Å². The molecule has 1 aliphatic heterocycles. The van der Waals surface area contributed by atoms with Gasteiger partial charge in [-0.05, 0) is 38.3 Å². The van der Waals surface area contributed by atoms with Crippen LogP contribution in [0.2, 0.25) is 0 Å². The van der Waals surface area contributed by atoms with Crippen LogP contribution in [0.1, 0.15) is 37.8 Å². The van der Waals surface area contributed by atoms with Crippen LogP contribution in [0.5, 0.6) is 0 Å². The van der Waals surface area contributed by atoms with Crippen LogP contribution in [-0.2, 0) is 9.59 Å². The summed E-state index contributed by atoms with van der Waals surface area (Å²) in [5.41, 5.74) is 3.08. The van der Waals surface area contributed by atoms with Crippen LogP contribution < -0.4 is 10.6 Å². The van der Waals surface area contributed by atoms with Crippen molar-refractivity contribution in [2.45, 2.75) is 46.6 Å². The van der Waals surface area contributed by atoms with Crippen molar-refractivity contribution < 1.29 is 9.59 Å². The van der Waals surface area contributed by atoms with E-state index in [9.17, 15) is 9.59 Å². The lowest BCUT2D eigenvalue weighted by Crippen LogP contribution is -2.51. The maximum absolute atomic E-state index is 12.4. The third-order valence-electron chi connectivity index (χ3n) is 5.07. The topological polar surface area (TPSA) is 64.7 Å². The van der Waals surface area contributed by atoms with Crippen molar-refractivity contribution in [3.8, 4) is 0 Å². The lowest BCUT2D eigenvalue weighted by atomic mass is 10.1. The number of nitrogens with one attached hydrogen (secondary N) is 2. The molecule has 0 spiro atoms. The molecule has 150 valence electrons. The third-order valence-corrected chi connectivity index (χ3v) is 5.07. The van der Waals surface area contributed by atoms with Gasteiger partial charge in [-0.1, -0.05) is 31.5 Å². The number of piperazine rings is 1. The molecule has 1 aromatic rings. The fourth-order valence-corrected chi connectivity index (χ4v) is 3.53. The number of amides is 2. The van der Waals surface area contributed by atoms with E-state index >= 15 is 0 Å². The van der Waals surface area contributed by atoms with Gasteiger partial charge in [0.2, 0.25) is 11.8 Å². The molecule has 0 bridgehead atoms. The number of rotatable bonds is 8. The van der Waals surface area contributed by atoms with Crippen LogP contribution in [0.4, 0.5) is 5.69 Å². The van der Waals surface area contributed by atoms with Crippen molar-refractivity contribution in [3.63, 3.8) is 0 Å². The predicted octanol–water partition coefficient (Wildman–Crippen LogP) is 2.16. The first-order valence-corrected chi connectivity index (χ1v) is 9.99. The zero-order chi connectivity index (χ0) is 19.8. The zero-order valence-electron chi connectivity index (χ0n) is 17.2. The molecule has 0 radical (unpaired) electrons. The second kappa shape index (κ2) is 10.4. The smallest absolute Gasteiger partial charge is 0.238 e. The van der Waals surface area contributed by atoms with Gasteiger partial charge in [0.25, 0.3) is 0 Å². The summed E-state index contributed by atoms with van der Waals surface area (Å²) in [5, 5.41) is 6.10. The molecule has 6 heteroatoms. The molecular formula is C21H34N4O2. The van der Waals surface area contributed by atoms with Gasteiger partial charge in [0, 0.05) is 37.9 Å². The Morgan fingerprint density at radius 1 is 1.00 bits per heavy atom. The molecule has 27 heavy (non-hydrogen) atoms. The molecule has 6 nitrogen and oxygen atoms in total. The van der Waals surface area contributed by atoms with E-state index in [4.69, 9.17) is 0 Å². The van der Waals surface area contributed by atoms with Gasteiger partial charge in [0.15, 0.2) is 0 Å². The summed E-state index contributed by atoms with van der Waals surface area (Å²) < 4.78 is 0. The molecule has 1 saturated heterocycles. The molecule has 1 fully saturated rings. The van der Waals surface area contributed by atoms with E-state index in [0.29, 0.717) is 13.1 Å². The number of para-hydroxylation sites is 1. The lowest BCUT2D eigenvalue weighted by Gasteiger charge is -2.34. The first-order chi connectivity index (χ1) is 12.9. The fourth-order valence-electron chi connectivity index (χ4n) is 3.53. The maximum atomic E-state index is 12.4. The van der Waals surface area contributed by atoms with Gasteiger partial charge >= 0.3 is 0 Å². The highest BCUT2D eigenvalue weighted by atomic mass is 16.2. The molecular weight excluding hydrogens is 340 g/mol. The number of aryl methyl sites for hydroxylation is 2. The minimum atomic E-state index is 0.0204. The number of hydrogen-bond donors (Lipinski definition) is 2. The Kier molecular flexibility index (Phi) is 8.25. The van der Waals surface area contributed by atoms with Gasteiger partial charge in [-0.25, -0.2) is 0 Å². The van der Waals surface area contributed by atoms with Crippen molar-refractivity contribution in [2.24, 2.45) is 0 Å². The maximum Gasteiger partial charge on any atom is 0.238 e. The zero-order valence-corrected chi connectivity index (χ0v) is 17.2. The van der Waals surface area contributed by atoms with E-state index in [1.54, 1.807) is 0 Å². The van der Waals surface area contributed by atoms with Crippen LogP contribution in [0.25, 0.3) is 0 Å². The van der Waals surface area contributed by atoms with Gasteiger partial charge in [-0.3, -0.25) is 19.4 Å². The Morgan fingerprint density at radius 3 is 2.04 bits per heavy atom. The summed E-state index contributed by atoms with van der Waals surface area (Å²) in [6.07, 6.45) is 2.08. The summed E-state index contributed by atoms with van der Waals surface area (Å²) in [6, 6.07) is 6.25. The minimum Gasteiger partial charge on any atom is -0.353 e. The predicted molar refractivity (Wildman–Crippen MR) is 110 cm³/mol. The van der Waals surface area contributed by atoms with Crippen LogP contribution in [0.15, 0.2) is 18.2 Å². The van der Waals surface area contributed by atoms with Crippen LogP contribution in [-0.4, -0.2) is 66.9 Å². The molecule has 1 unspecified atom stereocenters. The normalized spacial score (nSPS) is 16.7. The van der Waals surface area contributed by atoms with Gasteiger partial charge in [-0.2, -0.15) is 0 Å². The molecule has 2 N–H and O–H groups in total. The number of hydrogen-bond acceptors (Lipinski definition) is 4. The SMILES string of the molecule is CCCC(C)NC(=O)CN1CCN(CC(=O)Nc2c(C)cccc2C)CC1. The molecule has 2 amide bonds. The van der Waals surface area contributed by atoms with Crippen molar-refractivity contribution in [1.82, 2.24) is 15.1 Å². The van der Waals surface area contributed by atoms with E-state index in [-0.39, 0.29) is 17.9 Å². The summed E-state index contributed by atoms with van der Waals surface area (Å²) in [5.74, 6) is 0.115. The first kappa shape index (κ1) is 21.4. The van der Waals surface area contributed by atoms with Crippen molar-refractivity contribution >= 4 is 17.5 Å². The molecule has 1 atom stereocenters. The lowest BCUT2D eigenvalue weighted by molar-refractivity contribution is -0.124. The number of benzene rings is 1. The van der Waals surface area contributed by atoms with Gasteiger partial charge in [0.1, 0.15) is 0 Å². The molecule has 1 aliphatic rings. The Hall–Kier alpha value is -1.92. The Labute approximate surface area is 163 Å². The summed E-state index contributed by atoms with van der Waals surface area (Å²) in [6.45, 7) is 12.3. The average Bonchev–Trinajstić information content (AvgIpc) is 2.60. The molecule has 0 aromatic heterocycles. The monoisotopic (exact) mass is 374 g/mol. The number of carbonyl (C=O) groups excluding carboxylic acids is 2. The standard InChI is InChI=1S/C21H34N4O2/c1-5-7-18(4)22-19(26)14-24-10-12-25(13-11-24)15-20(27)23-21-16(2)8-6-9-17(21)3/h6,8-9,18H,5,7,10-15H2,1-4H3,(H,22,26)(H,23,27). The highest BCUT2D eigenvalue weighted by Crippen LogP contribution is 2.19. The Morgan fingerprint density at radius 2 is 1.52 bits per heavy atom. The third kappa shape index (κ3) is 6.96. The van der Waals surface area contributed by atoms with E-state index in [1.807, 2.05) is 39.0 Å². The van der Waals surface area contributed by atoms with Crippen molar-refractivity contribution in [3.05, 3.63) is 29.3 Å². The van der Waals surface area contributed by atoms with E-state index < -0.39 is 0 Å². The van der Waals surface area contributed by atoms with E-state index in [2.05, 4.69) is 27.4 Å². The van der Waals surface area contributed by atoms with Crippen LogP contribution >= 0.6 is 0 Å². The van der Waals surface area contributed by atoms with Crippen molar-refractivity contribution in [1.29, 1.82) is 0 Å². The largest absolute Gasteiger partial charge is 0.353 e. The first-order valence-electron chi connectivity index (χ1n) is 9.99. The highest BCUT2D eigenvalue weighted by Gasteiger charge is 2.21. The quantitative estimate of drug-likeness (QED) is 0.732. The Balaban J connectivity index is 1.72. The van der Waals surface area contributed by atoms with Gasteiger partial charge < -0.3 is 10.6 Å². The van der Waals surface area contributed by atoms with E-state index in [0.717, 1.165) is 55.8 Å². The number of nitrogens with zero attached hydrogens (tertiary/aromatic N) is 2.